The van der Waals surface area contributed by atoms with Crippen LogP contribution in [0, 0.1) is 5.92 Å². The summed E-state index contributed by atoms with van der Waals surface area (Å²) in [6, 6.07) is 22.4. The highest BCUT2D eigenvalue weighted by Gasteiger charge is 2.60. The summed E-state index contributed by atoms with van der Waals surface area (Å²) in [4.78, 5) is 29.3. The zero-order chi connectivity index (χ0) is 30.0. The Labute approximate surface area is 250 Å². The van der Waals surface area contributed by atoms with Crippen molar-refractivity contribution >= 4 is 23.2 Å². The summed E-state index contributed by atoms with van der Waals surface area (Å²) in [6.45, 7) is 3.08. The van der Waals surface area contributed by atoms with Gasteiger partial charge in [0.15, 0.2) is 5.60 Å². The molecular formula is C33H35N5O5. The number of ether oxygens (including phenoxy) is 2. The van der Waals surface area contributed by atoms with Gasteiger partial charge in [-0.1, -0.05) is 42.5 Å². The molecule has 1 aromatic heterocycles. The van der Waals surface area contributed by atoms with Crippen molar-refractivity contribution in [3.05, 3.63) is 101 Å². The lowest BCUT2D eigenvalue weighted by molar-refractivity contribution is -0.146. The number of aliphatic hydroxyl groups is 1. The Morgan fingerprint density at radius 2 is 1.93 bits per heavy atom. The molecule has 10 nitrogen and oxygen atoms in total. The predicted molar refractivity (Wildman–Crippen MR) is 161 cm³/mol. The first-order chi connectivity index (χ1) is 20.9. The van der Waals surface area contributed by atoms with Crippen molar-refractivity contribution < 1.29 is 24.2 Å². The summed E-state index contributed by atoms with van der Waals surface area (Å²) in [5.74, 6) is 0.224. The van der Waals surface area contributed by atoms with Crippen LogP contribution in [0.15, 0.2) is 79.0 Å². The number of anilines is 2. The van der Waals surface area contributed by atoms with E-state index < -0.39 is 5.60 Å². The fourth-order valence-corrected chi connectivity index (χ4v) is 6.15. The van der Waals surface area contributed by atoms with Crippen molar-refractivity contribution in [2.45, 2.75) is 51.0 Å². The van der Waals surface area contributed by atoms with E-state index in [1.165, 1.54) is 0 Å². The van der Waals surface area contributed by atoms with Gasteiger partial charge in [0.25, 0.3) is 11.8 Å². The van der Waals surface area contributed by atoms with Gasteiger partial charge < -0.3 is 24.8 Å². The first-order valence-corrected chi connectivity index (χ1v) is 14.5. The van der Waals surface area contributed by atoms with Crippen LogP contribution in [-0.4, -0.2) is 51.7 Å². The molecule has 43 heavy (non-hydrogen) atoms. The number of carbonyl (C=O) groups excluding carboxylic acids is 2. The Bertz CT molecular complexity index is 1610. The number of benzene rings is 3. The highest BCUT2D eigenvalue weighted by Crippen LogP contribution is 2.54. The lowest BCUT2D eigenvalue weighted by Crippen LogP contribution is -2.43. The predicted octanol–water partition coefficient (Wildman–Crippen LogP) is 4.33. The number of aliphatic hydroxyl groups excluding tert-OH is 1. The van der Waals surface area contributed by atoms with Crippen LogP contribution in [0.3, 0.4) is 0 Å². The molecule has 2 aliphatic rings. The molecule has 2 amide bonds. The van der Waals surface area contributed by atoms with Gasteiger partial charge in [0.1, 0.15) is 5.75 Å². The first-order valence-electron chi connectivity index (χ1n) is 14.5. The largest absolute Gasteiger partial charge is 0.497 e. The smallest absolute Gasteiger partial charge is 0.264 e. The van der Waals surface area contributed by atoms with E-state index in [1.807, 2.05) is 54.7 Å². The van der Waals surface area contributed by atoms with Crippen molar-refractivity contribution in [2.75, 3.05) is 23.9 Å². The summed E-state index contributed by atoms with van der Waals surface area (Å²) >= 11 is 0. The molecule has 1 spiro atoms. The Hall–Kier alpha value is -4.54. The highest BCUT2D eigenvalue weighted by molar-refractivity contribution is 6.09. The molecule has 3 heterocycles. The summed E-state index contributed by atoms with van der Waals surface area (Å²) in [7, 11) is 1.58. The summed E-state index contributed by atoms with van der Waals surface area (Å²) < 4.78 is 13.7. The molecule has 4 aromatic rings. The second-order valence-electron chi connectivity index (χ2n) is 11.1. The zero-order valence-electron chi connectivity index (χ0n) is 24.3. The van der Waals surface area contributed by atoms with Gasteiger partial charge in [-0.3, -0.25) is 14.3 Å². The van der Waals surface area contributed by atoms with Gasteiger partial charge in [0.05, 0.1) is 31.1 Å². The van der Waals surface area contributed by atoms with Gasteiger partial charge in [-0.15, -0.1) is 5.10 Å². The van der Waals surface area contributed by atoms with Gasteiger partial charge in [0.2, 0.25) is 0 Å². The average molecular weight is 582 g/mol. The molecule has 0 unspecified atom stereocenters. The summed E-state index contributed by atoms with van der Waals surface area (Å²) in [6.07, 6.45) is 3.47. The SMILES string of the molecule is COc1ccc(C(=O)Nc2ccc3c(c2)[C@@]2(O[C@H](CCn4cc(CCO)nn4)C[C@@H]2C)C(=O)N3Cc2ccccc2)cc1. The Morgan fingerprint density at radius 3 is 2.67 bits per heavy atom. The number of hydrogen-bond acceptors (Lipinski definition) is 7. The van der Waals surface area contributed by atoms with Crippen LogP contribution in [0.1, 0.15) is 46.9 Å². The van der Waals surface area contributed by atoms with Gasteiger partial charge in [-0.05, 0) is 60.9 Å². The second-order valence-corrected chi connectivity index (χ2v) is 11.1. The number of carbonyl (C=O) groups is 2. The average Bonchev–Trinajstić information content (AvgIpc) is 3.68. The minimum atomic E-state index is -1.17. The minimum absolute atomic E-state index is 0.0218. The first kappa shape index (κ1) is 28.6. The maximum absolute atomic E-state index is 14.4. The van der Waals surface area contributed by atoms with E-state index in [0.29, 0.717) is 49.4 Å². The quantitative estimate of drug-likeness (QED) is 0.286. The highest BCUT2D eigenvalue weighted by atomic mass is 16.5. The van der Waals surface area contributed by atoms with E-state index >= 15 is 0 Å². The molecular weight excluding hydrogens is 546 g/mol. The van der Waals surface area contributed by atoms with Crippen molar-refractivity contribution in [1.29, 1.82) is 0 Å². The van der Waals surface area contributed by atoms with Crippen LogP contribution < -0.4 is 15.0 Å². The fourth-order valence-electron chi connectivity index (χ4n) is 6.15. The molecule has 2 aliphatic heterocycles. The maximum atomic E-state index is 14.4. The maximum Gasteiger partial charge on any atom is 0.264 e. The van der Waals surface area contributed by atoms with Crippen LogP contribution >= 0.6 is 0 Å². The van der Waals surface area contributed by atoms with E-state index in [0.717, 1.165) is 22.5 Å². The molecule has 0 radical (unpaired) electrons. The molecule has 222 valence electrons. The normalized spacial score (nSPS) is 20.9. The number of hydrogen-bond donors (Lipinski definition) is 2. The molecule has 1 fully saturated rings. The number of fused-ring (bicyclic) bond motifs is 2. The van der Waals surface area contributed by atoms with E-state index in [2.05, 4.69) is 22.6 Å². The van der Waals surface area contributed by atoms with Gasteiger partial charge in [0, 0.05) is 48.5 Å². The van der Waals surface area contributed by atoms with Crippen LogP contribution in [0.5, 0.6) is 5.75 Å². The van der Waals surface area contributed by atoms with Crippen molar-refractivity contribution in [2.24, 2.45) is 5.92 Å². The van der Waals surface area contributed by atoms with Crippen LogP contribution in [0.4, 0.5) is 11.4 Å². The molecule has 3 aromatic carbocycles. The number of rotatable bonds is 10. The molecule has 6 rings (SSSR count). The van der Waals surface area contributed by atoms with E-state index in [1.54, 1.807) is 41.0 Å². The van der Waals surface area contributed by atoms with Crippen molar-refractivity contribution in [3.63, 3.8) is 0 Å². The number of amides is 2. The summed E-state index contributed by atoms with van der Waals surface area (Å²) in [5.41, 5.74) is 3.23. The number of methoxy groups -OCH3 is 1. The van der Waals surface area contributed by atoms with Crippen molar-refractivity contribution in [3.8, 4) is 5.75 Å². The molecule has 2 N–H and O–H groups in total. The fraction of sp³-hybridized carbons (Fsp3) is 0.333. The monoisotopic (exact) mass is 581 g/mol. The lowest BCUT2D eigenvalue weighted by Gasteiger charge is -2.28. The number of aryl methyl sites for hydroxylation is 1. The molecule has 0 saturated carbocycles. The third-order valence-corrected chi connectivity index (χ3v) is 8.34. The van der Waals surface area contributed by atoms with Crippen molar-refractivity contribution in [1.82, 2.24) is 15.0 Å². The molecule has 0 aliphatic carbocycles. The zero-order valence-corrected chi connectivity index (χ0v) is 24.3. The van der Waals surface area contributed by atoms with Gasteiger partial charge in [-0.25, -0.2) is 0 Å². The molecule has 1 saturated heterocycles. The number of nitrogens with zero attached hydrogens (tertiary/aromatic N) is 4. The lowest BCUT2D eigenvalue weighted by atomic mass is 9.82. The van der Waals surface area contributed by atoms with Gasteiger partial charge in [-0.2, -0.15) is 0 Å². The van der Waals surface area contributed by atoms with E-state index in [-0.39, 0.29) is 30.4 Å². The number of nitrogens with one attached hydrogen (secondary N) is 1. The van der Waals surface area contributed by atoms with Crippen LogP contribution in [0.25, 0.3) is 0 Å². The second kappa shape index (κ2) is 12.0. The van der Waals surface area contributed by atoms with Crippen LogP contribution in [0.2, 0.25) is 0 Å². The number of aromatic nitrogens is 3. The molecule has 0 bridgehead atoms. The summed E-state index contributed by atoms with van der Waals surface area (Å²) in [5, 5.41) is 20.4. The standard InChI is InChI=1S/C33H35N5O5/c1-22-18-28(14-16-37-21-26(15-17-39)35-36-37)43-33(22)29-19-25(34-31(40)24-8-11-27(42-2)12-9-24)10-13-30(29)38(32(33)41)20-23-6-4-3-5-7-23/h3-13,19,21-22,28,39H,14-18,20H2,1-2H3,(H,34,40)/t22-,28+,33+/m0/s1. The third kappa shape index (κ3) is 5.51. The van der Waals surface area contributed by atoms with E-state index in [9.17, 15) is 14.7 Å². The minimum Gasteiger partial charge on any atom is -0.497 e. The van der Waals surface area contributed by atoms with Gasteiger partial charge >= 0.3 is 0 Å². The topological polar surface area (TPSA) is 119 Å². The Morgan fingerprint density at radius 1 is 1.14 bits per heavy atom. The molecule has 10 heteroatoms. The Balaban J connectivity index is 1.28. The van der Waals surface area contributed by atoms with E-state index in [4.69, 9.17) is 9.47 Å². The molecule has 3 atom stereocenters. The van der Waals surface area contributed by atoms with Crippen LogP contribution in [-0.2, 0) is 34.6 Å². The third-order valence-electron chi connectivity index (χ3n) is 8.34. The Kier molecular flexibility index (Phi) is 7.96.